The molecule has 1 saturated carbocycles. The minimum Gasteiger partial charge on any atom is -0.302 e. The van der Waals surface area contributed by atoms with Crippen molar-refractivity contribution in [3.8, 4) is 0 Å². The van der Waals surface area contributed by atoms with E-state index in [1.54, 1.807) is 0 Å². The summed E-state index contributed by atoms with van der Waals surface area (Å²) >= 11 is 4.63. The van der Waals surface area contributed by atoms with E-state index in [-0.39, 0.29) is 0 Å². The van der Waals surface area contributed by atoms with E-state index in [4.69, 9.17) is 0 Å². The summed E-state index contributed by atoms with van der Waals surface area (Å²) < 4.78 is 0. The largest absolute Gasteiger partial charge is 0.302 e. The summed E-state index contributed by atoms with van der Waals surface area (Å²) in [6.45, 7) is 13.1. The fourth-order valence-electron chi connectivity index (χ4n) is 3.20. The Kier molecular flexibility index (Phi) is 6.36. The highest BCUT2D eigenvalue weighted by molar-refractivity contribution is 7.80. The third-order valence-corrected chi connectivity index (χ3v) is 4.48. The summed E-state index contributed by atoms with van der Waals surface area (Å²) in [5.41, 5.74) is 0.521. The molecule has 0 aliphatic heterocycles. The molecule has 0 aromatic carbocycles. The van der Waals surface area contributed by atoms with Crippen molar-refractivity contribution in [2.45, 2.75) is 53.4 Å². The van der Waals surface area contributed by atoms with Crippen molar-refractivity contribution in [3.05, 3.63) is 0 Å². The second-order valence-electron chi connectivity index (χ2n) is 6.85. The van der Waals surface area contributed by atoms with Crippen LogP contribution in [0.2, 0.25) is 0 Å². The molecule has 1 aliphatic carbocycles. The van der Waals surface area contributed by atoms with E-state index in [0.29, 0.717) is 5.41 Å². The molecule has 1 fully saturated rings. The Balaban J connectivity index is 2.56. The number of hydrogen-bond acceptors (Lipinski definition) is 2. The Hall–Kier alpha value is 0.310. The first-order valence-electron chi connectivity index (χ1n) is 7.31. The van der Waals surface area contributed by atoms with Gasteiger partial charge in [-0.3, -0.25) is 0 Å². The minimum atomic E-state index is 0.521. The fraction of sp³-hybridized carbons (Fsp3) is 1.00. The van der Waals surface area contributed by atoms with Gasteiger partial charge in [0.1, 0.15) is 0 Å². The van der Waals surface area contributed by atoms with Gasteiger partial charge in [0.2, 0.25) is 0 Å². The third-order valence-electron chi connectivity index (χ3n) is 3.81. The molecule has 102 valence electrons. The zero-order valence-electron chi connectivity index (χ0n) is 12.2. The van der Waals surface area contributed by atoms with E-state index in [1.807, 2.05) is 0 Å². The van der Waals surface area contributed by atoms with Crippen LogP contribution >= 0.6 is 12.6 Å². The van der Waals surface area contributed by atoms with Crippen LogP contribution in [0.25, 0.3) is 0 Å². The molecular formula is C15H31NS. The Morgan fingerprint density at radius 2 is 1.47 bits per heavy atom. The first-order chi connectivity index (χ1) is 7.97. The lowest BCUT2D eigenvalue weighted by atomic mass is 9.87. The molecule has 0 heterocycles. The monoisotopic (exact) mass is 257 g/mol. The Labute approximate surface area is 114 Å². The molecule has 0 saturated heterocycles. The van der Waals surface area contributed by atoms with Crippen LogP contribution in [-0.4, -0.2) is 30.3 Å². The predicted octanol–water partition coefficient (Wildman–Crippen LogP) is 4.09. The molecule has 1 aliphatic rings. The molecule has 2 heteroatoms. The highest BCUT2D eigenvalue weighted by Crippen LogP contribution is 2.39. The van der Waals surface area contributed by atoms with Crippen molar-refractivity contribution in [3.63, 3.8) is 0 Å². The van der Waals surface area contributed by atoms with E-state index < -0.39 is 0 Å². The van der Waals surface area contributed by atoms with E-state index in [1.165, 1.54) is 45.3 Å². The molecule has 0 N–H and O–H groups in total. The van der Waals surface area contributed by atoms with Crippen molar-refractivity contribution in [1.29, 1.82) is 0 Å². The van der Waals surface area contributed by atoms with E-state index in [0.717, 1.165) is 17.6 Å². The number of rotatable bonds is 7. The van der Waals surface area contributed by atoms with Gasteiger partial charge in [-0.15, -0.1) is 0 Å². The van der Waals surface area contributed by atoms with Gasteiger partial charge in [-0.1, -0.05) is 40.5 Å². The van der Waals surface area contributed by atoms with Gasteiger partial charge in [-0.25, -0.2) is 0 Å². The molecule has 0 aromatic heterocycles. The van der Waals surface area contributed by atoms with Gasteiger partial charge in [0.15, 0.2) is 0 Å². The first kappa shape index (κ1) is 15.4. The van der Waals surface area contributed by atoms with Crippen molar-refractivity contribution < 1.29 is 0 Å². The summed E-state index contributed by atoms with van der Waals surface area (Å²) in [5, 5.41) is 0. The molecule has 0 radical (unpaired) electrons. The molecule has 0 bridgehead atoms. The van der Waals surface area contributed by atoms with Gasteiger partial charge in [0, 0.05) is 19.6 Å². The predicted molar refractivity (Wildman–Crippen MR) is 80.9 cm³/mol. The van der Waals surface area contributed by atoms with Crippen LogP contribution in [0.15, 0.2) is 0 Å². The average Bonchev–Trinajstić information content (AvgIpc) is 2.65. The van der Waals surface area contributed by atoms with Crippen molar-refractivity contribution in [2.24, 2.45) is 17.3 Å². The lowest BCUT2D eigenvalue weighted by molar-refractivity contribution is 0.142. The van der Waals surface area contributed by atoms with Gasteiger partial charge in [-0.05, 0) is 35.8 Å². The van der Waals surface area contributed by atoms with Crippen LogP contribution < -0.4 is 0 Å². The smallest absolute Gasteiger partial charge is 0.00460 e. The molecule has 0 spiro atoms. The van der Waals surface area contributed by atoms with Crippen molar-refractivity contribution in [1.82, 2.24) is 4.90 Å². The summed E-state index contributed by atoms with van der Waals surface area (Å²) in [6.07, 6.45) is 5.61. The quantitative estimate of drug-likeness (QED) is 0.672. The van der Waals surface area contributed by atoms with Crippen LogP contribution in [0, 0.1) is 17.3 Å². The van der Waals surface area contributed by atoms with Crippen LogP contribution in [0.1, 0.15) is 53.4 Å². The van der Waals surface area contributed by atoms with Crippen LogP contribution in [0.4, 0.5) is 0 Å². The second-order valence-corrected chi connectivity index (χ2v) is 7.16. The van der Waals surface area contributed by atoms with Gasteiger partial charge < -0.3 is 4.90 Å². The lowest BCUT2D eigenvalue weighted by Gasteiger charge is -2.36. The first-order valence-corrected chi connectivity index (χ1v) is 7.94. The minimum absolute atomic E-state index is 0.521. The molecule has 0 unspecified atom stereocenters. The van der Waals surface area contributed by atoms with Crippen LogP contribution in [0.3, 0.4) is 0 Å². The molecule has 0 amide bonds. The second kappa shape index (κ2) is 7.04. The molecule has 0 aromatic rings. The van der Waals surface area contributed by atoms with E-state index in [2.05, 4.69) is 45.2 Å². The molecular weight excluding hydrogens is 226 g/mol. The summed E-state index contributed by atoms with van der Waals surface area (Å²) in [4.78, 5) is 2.69. The topological polar surface area (TPSA) is 3.24 Å². The maximum atomic E-state index is 4.63. The van der Waals surface area contributed by atoms with Gasteiger partial charge in [0.25, 0.3) is 0 Å². The van der Waals surface area contributed by atoms with Gasteiger partial charge in [0.05, 0.1) is 0 Å². The van der Waals surface area contributed by atoms with E-state index >= 15 is 0 Å². The van der Waals surface area contributed by atoms with Crippen LogP contribution in [0.5, 0.6) is 0 Å². The van der Waals surface area contributed by atoms with Gasteiger partial charge >= 0.3 is 0 Å². The fourth-order valence-corrected chi connectivity index (χ4v) is 3.62. The molecule has 0 atom stereocenters. The molecule has 1 nitrogen and oxygen atoms in total. The highest BCUT2D eigenvalue weighted by Gasteiger charge is 2.34. The number of thiol groups is 1. The summed E-state index contributed by atoms with van der Waals surface area (Å²) in [6, 6.07) is 0. The third kappa shape index (κ3) is 5.21. The number of hydrogen-bond donors (Lipinski definition) is 1. The normalized spacial score (nSPS) is 19.8. The average molecular weight is 257 g/mol. The van der Waals surface area contributed by atoms with Gasteiger partial charge in [-0.2, -0.15) is 12.6 Å². The lowest BCUT2D eigenvalue weighted by Crippen LogP contribution is -2.41. The Morgan fingerprint density at radius 3 is 1.82 bits per heavy atom. The number of nitrogens with zero attached hydrogens (tertiary/aromatic N) is 1. The maximum absolute atomic E-state index is 4.63. The summed E-state index contributed by atoms with van der Waals surface area (Å²) in [5.74, 6) is 2.61. The van der Waals surface area contributed by atoms with E-state index in [9.17, 15) is 0 Å². The highest BCUT2D eigenvalue weighted by atomic mass is 32.1. The van der Waals surface area contributed by atoms with Crippen LogP contribution in [-0.2, 0) is 0 Å². The Bertz CT molecular complexity index is 197. The Morgan fingerprint density at radius 1 is 1.00 bits per heavy atom. The SMILES string of the molecule is CC(C)CN(CC(C)C)CC1(CS)CCCC1. The molecule has 17 heavy (non-hydrogen) atoms. The molecule has 1 rings (SSSR count). The zero-order chi connectivity index (χ0) is 12.9. The van der Waals surface area contributed by atoms with Crippen molar-refractivity contribution in [2.75, 3.05) is 25.4 Å². The van der Waals surface area contributed by atoms with Crippen molar-refractivity contribution >= 4 is 12.6 Å². The zero-order valence-corrected chi connectivity index (χ0v) is 13.1. The summed E-state index contributed by atoms with van der Waals surface area (Å²) in [7, 11) is 0. The maximum Gasteiger partial charge on any atom is 0.00460 e. The standard InChI is InChI=1S/C15H31NS/c1-13(2)9-16(10-14(3)4)11-15(12-17)7-5-6-8-15/h13-14,17H,5-12H2,1-4H3.